The molecule has 0 aliphatic rings. The standard InChI is InChI=1S/C14H16ClN3O2/c1-3-16-13-7-10(8-20-2)17-14(18-13)9-4-5-12(19)11(15)6-9/h4-7,19H,3,8H2,1-2H3,(H,16,17,18). The minimum atomic E-state index is 0.0374. The van der Waals surface area contributed by atoms with Gasteiger partial charge in [0.1, 0.15) is 11.6 Å². The van der Waals surface area contributed by atoms with Crippen molar-refractivity contribution in [3.05, 3.63) is 35.0 Å². The maximum absolute atomic E-state index is 9.46. The Labute approximate surface area is 122 Å². The Balaban J connectivity index is 2.45. The van der Waals surface area contributed by atoms with Gasteiger partial charge < -0.3 is 15.2 Å². The van der Waals surface area contributed by atoms with Crippen molar-refractivity contribution in [1.29, 1.82) is 0 Å². The normalized spacial score (nSPS) is 10.6. The molecule has 1 heterocycles. The Hall–Kier alpha value is -1.85. The number of aromatic nitrogens is 2. The SMILES string of the molecule is CCNc1cc(COC)nc(-c2ccc(O)c(Cl)c2)n1. The molecule has 20 heavy (non-hydrogen) atoms. The summed E-state index contributed by atoms with van der Waals surface area (Å²) in [6.07, 6.45) is 0. The van der Waals surface area contributed by atoms with Crippen LogP contribution in [0.3, 0.4) is 0 Å². The number of anilines is 1. The highest BCUT2D eigenvalue weighted by Gasteiger charge is 2.09. The second-order valence-electron chi connectivity index (χ2n) is 4.20. The van der Waals surface area contributed by atoms with Crippen LogP contribution in [0.25, 0.3) is 11.4 Å². The van der Waals surface area contributed by atoms with Gasteiger partial charge >= 0.3 is 0 Å². The topological polar surface area (TPSA) is 67.3 Å². The molecule has 0 atom stereocenters. The number of ether oxygens (including phenoxy) is 1. The second-order valence-corrected chi connectivity index (χ2v) is 4.60. The van der Waals surface area contributed by atoms with E-state index >= 15 is 0 Å². The smallest absolute Gasteiger partial charge is 0.161 e. The summed E-state index contributed by atoms with van der Waals surface area (Å²) in [5.41, 5.74) is 1.52. The summed E-state index contributed by atoms with van der Waals surface area (Å²) in [5.74, 6) is 1.31. The fourth-order valence-corrected chi connectivity index (χ4v) is 1.95. The van der Waals surface area contributed by atoms with E-state index in [-0.39, 0.29) is 10.8 Å². The summed E-state index contributed by atoms with van der Waals surface area (Å²) < 4.78 is 5.11. The van der Waals surface area contributed by atoms with E-state index < -0.39 is 0 Å². The van der Waals surface area contributed by atoms with Gasteiger partial charge in [-0.1, -0.05) is 11.6 Å². The molecule has 0 saturated carbocycles. The maximum Gasteiger partial charge on any atom is 0.161 e. The largest absolute Gasteiger partial charge is 0.506 e. The molecule has 0 radical (unpaired) electrons. The molecule has 0 bridgehead atoms. The molecule has 0 fully saturated rings. The van der Waals surface area contributed by atoms with E-state index in [1.165, 1.54) is 6.07 Å². The fraction of sp³-hybridized carbons (Fsp3) is 0.286. The summed E-state index contributed by atoms with van der Waals surface area (Å²) in [5, 5.41) is 12.9. The first-order valence-corrected chi connectivity index (χ1v) is 6.61. The number of nitrogens with one attached hydrogen (secondary N) is 1. The molecule has 2 N–H and O–H groups in total. The van der Waals surface area contributed by atoms with E-state index in [2.05, 4.69) is 15.3 Å². The van der Waals surface area contributed by atoms with Crippen LogP contribution in [-0.4, -0.2) is 28.7 Å². The molecule has 6 heteroatoms. The quantitative estimate of drug-likeness (QED) is 0.887. The van der Waals surface area contributed by atoms with E-state index in [0.29, 0.717) is 12.4 Å². The molecule has 0 unspecified atom stereocenters. The number of methoxy groups -OCH3 is 1. The van der Waals surface area contributed by atoms with Gasteiger partial charge in [-0.2, -0.15) is 0 Å². The average Bonchev–Trinajstić information content (AvgIpc) is 2.42. The van der Waals surface area contributed by atoms with E-state index in [4.69, 9.17) is 16.3 Å². The average molecular weight is 294 g/mol. The van der Waals surface area contributed by atoms with E-state index in [9.17, 15) is 5.11 Å². The van der Waals surface area contributed by atoms with Gasteiger partial charge in [0, 0.05) is 25.3 Å². The highest BCUT2D eigenvalue weighted by molar-refractivity contribution is 6.32. The monoisotopic (exact) mass is 293 g/mol. The molecule has 2 aromatic rings. The van der Waals surface area contributed by atoms with Gasteiger partial charge in [0.2, 0.25) is 0 Å². The number of hydrogen-bond acceptors (Lipinski definition) is 5. The van der Waals surface area contributed by atoms with Crippen LogP contribution in [0.2, 0.25) is 5.02 Å². The van der Waals surface area contributed by atoms with Gasteiger partial charge in [-0.3, -0.25) is 0 Å². The van der Waals surface area contributed by atoms with Gasteiger partial charge in [-0.15, -0.1) is 0 Å². The Morgan fingerprint density at radius 2 is 2.10 bits per heavy atom. The van der Waals surface area contributed by atoms with Crippen molar-refractivity contribution in [3.63, 3.8) is 0 Å². The number of rotatable bonds is 5. The zero-order valence-electron chi connectivity index (χ0n) is 11.4. The second kappa shape index (κ2) is 6.54. The molecule has 106 valence electrons. The van der Waals surface area contributed by atoms with Gasteiger partial charge in [0.05, 0.1) is 17.3 Å². The Bertz CT molecular complexity index is 581. The zero-order chi connectivity index (χ0) is 14.5. The van der Waals surface area contributed by atoms with Crippen molar-refractivity contribution in [3.8, 4) is 17.1 Å². The third-order valence-electron chi connectivity index (χ3n) is 2.64. The predicted octanol–water partition coefficient (Wildman–Crippen LogP) is 3.08. The summed E-state index contributed by atoms with van der Waals surface area (Å²) in [4.78, 5) is 8.86. The van der Waals surface area contributed by atoms with Gasteiger partial charge in [0.25, 0.3) is 0 Å². The van der Waals surface area contributed by atoms with E-state index in [1.54, 1.807) is 19.2 Å². The highest BCUT2D eigenvalue weighted by atomic mass is 35.5. The van der Waals surface area contributed by atoms with Gasteiger partial charge in [0.15, 0.2) is 5.82 Å². The molecule has 0 aliphatic heterocycles. The van der Waals surface area contributed by atoms with Crippen LogP contribution in [0.15, 0.2) is 24.3 Å². The lowest BCUT2D eigenvalue weighted by atomic mass is 10.2. The molecule has 0 amide bonds. The lowest BCUT2D eigenvalue weighted by molar-refractivity contribution is 0.181. The first-order chi connectivity index (χ1) is 9.63. The maximum atomic E-state index is 9.46. The van der Waals surface area contributed by atoms with Crippen LogP contribution in [0.5, 0.6) is 5.75 Å². The number of halogens is 1. The van der Waals surface area contributed by atoms with Crippen molar-refractivity contribution in [2.75, 3.05) is 19.0 Å². The lowest BCUT2D eigenvalue weighted by Crippen LogP contribution is -2.04. The first-order valence-electron chi connectivity index (χ1n) is 6.23. The molecular weight excluding hydrogens is 278 g/mol. The van der Waals surface area contributed by atoms with Crippen molar-refractivity contribution in [2.45, 2.75) is 13.5 Å². The summed E-state index contributed by atoms with van der Waals surface area (Å²) in [6.45, 7) is 3.16. The fourth-order valence-electron chi connectivity index (χ4n) is 1.77. The molecule has 5 nitrogen and oxygen atoms in total. The lowest BCUT2D eigenvalue weighted by Gasteiger charge is -2.09. The number of benzene rings is 1. The zero-order valence-corrected chi connectivity index (χ0v) is 12.1. The predicted molar refractivity (Wildman–Crippen MR) is 79.0 cm³/mol. The van der Waals surface area contributed by atoms with Crippen LogP contribution in [0.4, 0.5) is 5.82 Å². The Morgan fingerprint density at radius 3 is 2.75 bits per heavy atom. The molecule has 1 aromatic carbocycles. The number of phenolic OH excluding ortho intramolecular Hbond substituents is 1. The van der Waals surface area contributed by atoms with Crippen molar-refractivity contribution in [2.24, 2.45) is 0 Å². The van der Waals surface area contributed by atoms with Crippen LogP contribution in [0.1, 0.15) is 12.6 Å². The van der Waals surface area contributed by atoms with Crippen molar-refractivity contribution < 1.29 is 9.84 Å². The number of hydrogen-bond donors (Lipinski definition) is 2. The van der Waals surface area contributed by atoms with Gasteiger partial charge in [-0.25, -0.2) is 9.97 Å². The first kappa shape index (κ1) is 14.6. The third-order valence-corrected chi connectivity index (χ3v) is 2.94. The Morgan fingerprint density at radius 1 is 1.30 bits per heavy atom. The van der Waals surface area contributed by atoms with Crippen LogP contribution in [0, 0.1) is 0 Å². The Kier molecular flexibility index (Phi) is 4.76. The molecule has 1 aromatic heterocycles. The van der Waals surface area contributed by atoms with E-state index in [0.717, 1.165) is 23.6 Å². The van der Waals surface area contributed by atoms with Crippen molar-refractivity contribution >= 4 is 17.4 Å². The molecule has 0 saturated heterocycles. The number of aromatic hydroxyl groups is 1. The summed E-state index contributed by atoms with van der Waals surface area (Å²) in [7, 11) is 1.62. The third kappa shape index (κ3) is 3.37. The summed E-state index contributed by atoms with van der Waals surface area (Å²) in [6, 6.07) is 6.73. The van der Waals surface area contributed by atoms with Gasteiger partial charge in [-0.05, 0) is 25.1 Å². The van der Waals surface area contributed by atoms with E-state index in [1.807, 2.05) is 13.0 Å². The number of nitrogens with zero attached hydrogens (tertiary/aromatic N) is 2. The van der Waals surface area contributed by atoms with Crippen LogP contribution >= 0.6 is 11.6 Å². The van der Waals surface area contributed by atoms with Crippen molar-refractivity contribution in [1.82, 2.24) is 9.97 Å². The molecule has 0 spiro atoms. The van der Waals surface area contributed by atoms with Crippen LogP contribution < -0.4 is 5.32 Å². The summed E-state index contributed by atoms with van der Waals surface area (Å²) >= 11 is 5.92. The minimum Gasteiger partial charge on any atom is -0.506 e. The number of phenols is 1. The highest BCUT2D eigenvalue weighted by Crippen LogP contribution is 2.28. The van der Waals surface area contributed by atoms with Crippen LogP contribution in [-0.2, 0) is 11.3 Å². The minimum absolute atomic E-state index is 0.0374. The molecular formula is C14H16ClN3O2. The molecule has 0 aliphatic carbocycles. The molecule has 2 rings (SSSR count).